The molecule has 5 atom stereocenters. The van der Waals surface area contributed by atoms with Gasteiger partial charge in [0.15, 0.2) is 0 Å². The Kier molecular flexibility index (Phi) is 4.28. The lowest BCUT2D eigenvalue weighted by molar-refractivity contribution is -0.190. The van der Waals surface area contributed by atoms with Crippen molar-refractivity contribution >= 4 is 16.0 Å². The van der Waals surface area contributed by atoms with Gasteiger partial charge in [0.2, 0.25) is 10.0 Å². The topological polar surface area (TPSA) is 63.7 Å². The first-order valence-electron chi connectivity index (χ1n) is 8.76. The predicted octanol–water partition coefficient (Wildman–Crippen LogP) is 2.27. The number of ether oxygens (including phenoxy) is 1. The van der Waals surface area contributed by atoms with E-state index < -0.39 is 10.0 Å². The molecule has 1 heterocycles. The van der Waals surface area contributed by atoms with Crippen molar-refractivity contribution in [3.05, 3.63) is 0 Å². The quantitative estimate of drug-likeness (QED) is 0.738. The van der Waals surface area contributed by atoms with E-state index in [4.69, 9.17) is 4.74 Å². The maximum absolute atomic E-state index is 12.5. The molecule has 4 fully saturated rings. The zero-order valence-corrected chi connectivity index (χ0v) is 15.4. The summed E-state index contributed by atoms with van der Waals surface area (Å²) < 4.78 is 30.6. The third kappa shape index (κ3) is 3.04. The Hall–Kier alpha value is -0.620. The minimum absolute atomic E-state index is 0.00730. The highest BCUT2D eigenvalue weighted by molar-refractivity contribution is 7.88. The number of carbonyl (C=O) groups is 1. The smallest absolute Gasteiger partial charge is 0.310 e. The fraction of sp³-hybridized carbons (Fsp3) is 0.941. The van der Waals surface area contributed by atoms with E-state index in [-0.39, 0.29) is 24.5 Å². The third-order valence-electron chi connectivity index (χ3n) is 6.74. The van der Waals surface area contributed by atoms with Crippen LogP contribution in [0.2, 0.25) is 0 Å². The van der Waals surface area contributed by atoms with Crippen LogP contribution in [-0.4, -0.2) is 44.1 Å². The zero-order chi connectivity index (χ0) is 17.0. The number of hydrogen-bond donors (Lipinski definition) is 0. The lowest BCUT2D eigenvalue weighted by Crippen LogP contribution is -2.57. The van der Waals surface area contributed by atoms with Gasteiger partial charge in [0.05, 0.1) is 12.2 Å². The Labute approximate surface area is 139 Å². The van der Waals surface area contributed by atoms with Crippen LogP contribution < -0.4 is 0 Å². The number of rotatable bonds is 3. The van der Waals surface area contributed by atoms with E-state index in [0.29, 0.717) is 29.7 Å². The van der Waals surface area contributed by atoms with E-state index in [2.05, 4.69) is 20.8 Å². The van der Waals surface area contributed by atoms with Crippen LogP contribution in [-0.2, 0) is 19.6 Å². The average molecular weight is 343 g/mol. The first-order chi connectivity index (χ1) is 10.6. The van der Waals surface area contributed by atoms with Gasteiger partial charge < -0.3 is 4.74 Å². The van der Waals surface area contributed by atoms with E-state index >= 15 is 0 Å². The molecule has 23 heavy (non-hydrogen) atoms. The van der Waals surface area contributed by atoms with Crippen LogP contribution in [0.15, 0.2) is 0 Å². The van der Waals surface area contributed by atoms with Gasteiger partial charge >= 0.3 is 5.97 Å². The summed E-state index contributed by atoms with van der Waals surface area (Å²) in [5, 5.41) is 0. The summed E-state index contributed by atoms with van der Waals surface area (Å²) in [6, 6.07) is 0. The summed E-state index contributed by atoms with van der Waals surface area (Å²) in [4.78, 5) is 12.5. The number of piperidine rings is 1. The first-order valence-corrected chi connectivity index (χ1v) is 10.6. The van der Waals surface area contributed by atoms with E-state index in [0.717, 1.165) is 19.3 Å². The Balaban J connectivity index is 1.60. The van der Waals surface area contributed by atoms with E-state index in [1.165, 1.54) is 17.0 Å². The molecule has 0 N–H and O–H groups in total. The first kappa shape index (κ1) is 17.2. The van der Waals surface area contributed by atoms with Crippen molar-refractivity contribution in [1.82, 2.24) is 4.31 Å². The standard InChI is InChI=1S/C17H29NO4S/c1-11-14-8-13(17(14,2)3)9-15(11)22-16(19)12-6-5-7-18(10-12)23(4,20)21/h11-15H,5-10H2,1-4H3/t11-,12-,13+,14+,15+/m0/s1. The summed E-state index contributed by atoms with van der Waals surface area (Å²) in [6.07, 6.45) is 4.88. The highest BCUT2D eigenvalue weighted by Crippen LogP contribution is 2.61. The van der Waals surface area contributed by atoms with Crippen LogP contribution in [0.5, 0.6) is 0 Å². The minimum atomic E-state index is -3.23. The highest BCUT2D eigenvalue weighted by atomic mass is 32.2. The predicted molar refractivity (Wildman–Crippen MR) is 88.2 cm³/mol. The Morgan fingerprint density at radius 2 is 1.96 bits per heavy atom. The third-order valence-corrected chi connectivity index (χ3v) is 8.01. The van der Waals surface area contributed by atoms with Gasteiger partial charge in [0, 0.05) is 13.1 Å². The molecular weight excluding hydrogens is 314 g/mol. The van der Waals surface area contributed by atoms with Gasteiger partial charge in [-0.05, 0) is 48.9 Å². The molecule has 0 spiro atoms. The molecule has 6 heteroatoms. The molecule has 1 saturated heterocycles. The number of esters is 1. The van der Waals surface area contributed by atoms with Crippen molar-refractivity contribution in [3.8, 4) is 0 Å². The van der Waals surface area contributed by atoms with Crippen molar-refractivity contribution in [3.63, 3.8) is 0 Å². The van der Waals surface area contributed by atoms with Crippen molar-refractivity contribution < 1.29 is 17.9 Å². The van der Waals surface area contributed by atoms with Crippen molar-refractivity contribution in [2.24, 2.45) is 29.1 Å². The van der Waals surface area contributed by atoms with Gasteiger partial charge in [-0.15, -0.1) is 0 Å². The summed E-state index contributed by atoms with van der Waals surface area (Å²) in [7, 11) is -3.23. The summed E-state index contributed by atoms with van der Waals surface area (Å²) >= 11 is 0. The number of nitrogens with zero attached hydrogens (tertiary/aromatic N) is 1. The number of hydrogen-bond acceptors (Lipinski definition) is 4. The van der Waals surface area contributed by atoms with Crippen LogP contribution in [0.4, 0.5) is 0 Å². The maximum atomic E-state index is 12.5. The monoisotopic (exact) mass is 343 g/mol. The maximum Gasteiger partial charge on any atom is 0.310 e. The number of fused-ring (bicyclic) bond motifs is 2. The second-order valence-corrected chi connectivity index (χ2v) is 10.4. The van der Waals surface area contributed by atoms with E-state index in [1.807, 2.05) is 0 Å². The summed E-state index contributed by atoms with van der Waals surface area (Å²) in [5.41, 5.74) is 0.375. The molecule has 0 aromatic rings. The average Bonchev–Trinajstić information content (AvgIpc) is 2.48. The van der Waals surface area contributed by atoms with Gasteiger partial charge in [-0.25, -0.2) is 12.7 Å². The molecule has 0 amide bonds. The van der Waals surface area contributed by atoms with Crippen LogP contribution in [0.25, 0.3) is 0 Å². The van der Waals surface area contributed by atoms with Crippen LogP contribution in [0.1, 0.15) is 46.5 Å². The molecule has 132 valence electrons. The molecule has 0 aromatic carbocycles. The van der Waals surface area contributed by atoms with Crippen LogP contribution >= 0.6 is 0 Å². The SMILES string of the molecule is C[C@H]1[C@H]2C[C@H](C[C@H]1OC(=O)[C@H]1CCCN(S(C)(=O)=O)C1)C2(C)C. The molecule has 2 bridgehead atoms. The second-order valence-electron chi connectivity index (χ2n) is 8.39. The molecule has 5 nitrogen and oxygen atoms in total. The van der Waals surface area contributed by atoms with Crippen LogP contribution in [0, 0.1) is 29.1 Å². The molecule has 4 aliphatic rings. The van der Waals surface area contributed by atoms with Gasteiger partial charge in [-0.3, -0.25) is 4.79 Å². The normalized spacial score (nSPS) is 40.3. The molecule has 0 unspecified atom stereocenters. The molecule has 4 rings (SSSR count). The van der Waals surface area contributed by atoms with Crippen molar-refractivity contribution in [2.75, 3.05) is 19.3 Å². The Morgan fingerprint density at radius 1 is 1.26 bits per heavy atom. The molecule has 0 aromatic heterocycles. The Morgan fingerprint density at radius 3 is 2.52 bits per heavy atom. The van der Waals surface area contributed by atoms with Crippen LogP contribution in [0.3, 0.4) is 0 Å². The summed E-state index contributed by atoms with van der Waals surface area (Å²) in [6.45, 7) is 7.64. The lowest BCUT2D eigenvalue weighted by atomic mass is 9.45. The van der Waals surface area contributed by atoms with Crippen molar-refractivity contribution in [2.45, 2.75) is 52.6 Å². The Bertz CT molecular complexity index is 585. The molecular formula is C17H29NO4S. The van der Waals surface area contributed by atoms with Gasteiger partial charge in [-0.1, -0.05) is 20.8 Å². The second kappa shape index (κ2) is 5.73. The largest absolute Gasteiger partial charge is 0.462 e. The van der Waals surface area contributed by atoms with E-state index in [1.54, 1.807) is 0 Å². The molecule has 3 saturated carbocycles. The fourth-order valence-corrected chi connectivity index (χ4v) is 5.85. The molecule has 1 aliphatic heterocycles. The summed E-state index contributed by atoms with van der Waals surface area (Å²) in [5.74, 6) is 1.18. The minimum Gasteiger partial charge on any atom is -0.462 e. The highest BCUT2D eigenvalue weighted by Gasteiger charge is 2.57. The number of sulfonamides is 1. The van der Waals surface area contributed by atoms with Gasteiger partial charge in [0.1, 0.15) is 6.10 Å². The lowest BCUT2D eigenvalue weighted by Gasteiger charge is -2.61. The molecule has 3 aliphatic carbocycles. The fourth-order valence-electron chi connectivity index (χ4n) is 4.94. The van der Waals surface area contributed by atoms with E-state index in [9.17, 15) is 13.2 Å². The zero-order valence-electron chi connectivity index (χ0n) is 14.6. The number of carbonyl (C=O) groups excluding carboxylic acids is 1. The van der Waals surface area contributed by atoms with Gasteiger partial charge in [0.25, 0.3) is 0 Å². The molecule has 0 radical (unpaired) electrons. The van der Waals surface area contributed by atoms with Gasteiger partial charge in [-0.2, -0.15) is 0 Å². The van der Waals surface area contributed by atoms with Crippen molar-refractivity contribution in [1.29, 1.82) is 0 Å².